The number of aromatic nitrogens is 2. The van der Waals surface area contributed by atoms with Crippen molar-refractivity contribution < 1.29 is 9.53 Å². The summed E-state index contributed by atoms with van der Waals surface area (Å²) in [5, 5.41) is 3.51. The Morgan fingerprint density at radius 2 is 2.26 bits per heavy atom. The Morgan fingerprint density at radius 1 is 1.41 bits per heavy atom. The molecule has 2 fully saturated rings. The van der Waals surface area contributed by atoms with E-state index in [-0.39, 0.29) is 12.5 Å². The van der Waals surface area contributed by atoms with Crippen LogP contribution in [0.15, 0.2) is 23.7 Å². The highest BCUT2D eigenvalue weighted by atomic mass is 16.5. The molecular formula is C19H32N6O2. The molecule has 150 valence electrons. The molecule has 0 saturated carbocycles. The normalized spacial score (nSPS) is 26.3. The maximum Gasteiger partial charge on any atom is 0.243 e. The van der Waals surface area contributed by atoms with E-state index in [0.717, 1.165) is 51.6 Å². The van der Waals surface area contributed by atoms with Gasteiger partial charge in [-0.25, -0.2) is 9.98 Å². The Hall–Kier alpha value is -2.09. The van der Waals surface area contributed by atoms with Gasteiger partial charge in [0.2, 0.25) is 5.91 Å². The third-order valence-electron chi connectivity index (χ3n) is 5.56. The van der Waals surface area contributed by atoms with Gasteiger partial charge in [-0.2, -0.15) is 0 Å². The van der Waals surface area contributed by atoms with Crippen molar-refractivity contribution in [2.45, 2.75) is 25.8 Å². The number of guanidine groups is 1. The number of piperidine rings is 1. The molecular weight excluding hydrogens is 344 g/mol. The van der Waals surface area contributed by atoms with Crippen molar-refractivity contribution in [2.75, 3.05) is 53.5 Å². The summed E-state index contributed by atoms with van der Waals surface area (Å²) in [4.78, 5) is 24.7. The number of amides is 1. The molecule has 0 bridgehead atoms. The molecule has 8 nitrogen and oxygen atoms in total. The largest absolute Gasteiger partial charge is 0.381 e. The zero-order valence-electron chi connectivity index (χ0n) is 16.7. The number of carbonyl (C=O) groups is 1. The molecule has 27 heavy (non-hydrogen) atoms. The average molecular weight is 377 g/mol. The highest BCUT2D eigenvalue weighted by molar-refractivity contribution is 5.85. The summed E-state index contributed by atoms with van der Waals surface area (Å²) >= 11 is 0. The zero-order valence-corrected chi connectivity index (χ0v) is 16.7. The molecule has 1 aromatic rings. The first kappa shape index (κ1) is 19.7. The van der Waals surface area contributed by atoms with Crippen LogP contribution in [-0.4, -0.2) is 84.7 Å². The molecule has 0 radical (unpaired) electrons. The number of rotatable bonds is 5. The number of imidazole rings is 1. The lowest BCUT2D eigenvalue weighted by atomic mass is 9.93. The summed E-state index contributed by atoms with van der Waals surface area (Å²) in [7, 11) is 3.52. The van der Waals surface area contributed by atoms with Crippen molar-refractivity contribution in [1.29, 1.82) is 0 Å². The number of hydrogen-bond acceptors (Lipinski definition) is 4. The number of ether oxygens (including phenoxy) is 1. The predicted octanol–water partition coefficient (Wildman–Crippen LogP) is 0.836. The molecule has 3 rings (SSSR count). The van der Waals surface area contributed by atoms with Gasteiger partial charge in [0.1, 0.15) is 6.54 Å². The molecule has 0 aromatic carbocycles. The van der Waals surface area contributed by atoms with Crippen LogP contribution < -0.4 is 5.32 Å². The van der Waals surface area contributed by atoms with E-state index in [1.807, 2.05) is 18.7 Å². The number of hydrogen-bond donors (Lipinski definition) is 1. The van der Waals surface area contributed by atoms with E-state index >= 15 is 0 Å². The average Bonchev–Trinajstić information content (AvgIpc) is 3.36. The fraction of sp³-hybridized carbons (Fsp3) is 0.737. The summed E-state index contributed by atoms with van der Waals surface area (Å²) < 4.78 is 7.66. The van der Waals surface area contributed by atoms with E-state index in [9.17, 15) is 4.79 Å². The molecule has 1 aromatic heterocycles. The highest BCUT2D eigenvalue weighted by Gasteiger charge is 2.29. The van der Waals surface area contributed by atoms with Crippen LogP contribution in [0.3, 0.4) is 0 Å². The summed E-state index contributed by atoms with van der Waals surface area (Å²) in [6.07, 6.45) is 7.90. The van der Waals surface area contributed by atoms with Gasteiger partial charge in [-0.3, -0.25) is 4.79 Å². The molecule has 0 spiro atoms. The van der Waals surface area contributed by atoms with E-state index < -0.39 is 0 Å². The summed E-state index contributed by atoms with van der Waals surface area (Å²) in [5.41, 5.74) is 0. The molecule has 2 saturated heterocycles. The van der Waals surface area contributed by atoms with Gasteiger partial charge in [0.15, 0.2) is 5.96 Å². The molecule has 3 heterocycles. The third-order valence-corrected chi connectivity index (χ3v) is 5.56. The fourth-order valence-corrected chi connectivity index (χ4v) is 3.63. The fourth-order valence-electron chi connectivity index (χ4n) is 3.63. The molecule has 3 atom stereocenters. The van der Waals surface area contributed by atoms with E-state index in [1.165, 1.54) is 0 Å². The van der Waals surface area contributed by atoms with E-state index in [4.69, 9.17) is 4.74 Å². The smallest absolute Gasteiger partial charge is 0.243 e. The van der Waals surface area contributed by atoms with Crippen molar-refractivity contribution in [2.24, 2.45) is 16.8 Å². The van der Waals surface area contributed by atoms with Gasteiger partial charge in [-0.15, -0.1) is 0 Å². The maximum atomic E-state index is 12.0. The van der Waals surface area contributed by atoms with Gasteiger partial charge in [-0.1, -0.05) is 6.92 Å². The van der Waals surface area contributed by atoms with Crippen LogP contribution in [0.25, 0.3) is 0 Å². The molecule has 0 aliphatic carbocycles. The van der Waals surface area contributed by atoms with Crippen molar-refractivity contribution in [3.63, 3.8) is 0 Å². The Balaban J connectivity index is 1.69. The summed E-state index contributed by atoms with van der Waals surface area (Å²) in [6.45, 7) is 6.72. The molecule has 8 heteroatoms. The van der Waals surface area contributed by atoms with Gasteiger partial charge >= 0.3 is 0 Å². The highest BCUT2D eigenvalue weighted by Crippen LogP contribution is 2.27. The number of likely N-dealkylation sites (N-methyl/N-ethyl adjacent to an activating group) is 1. The van der Waals surface area contributed by atoms with E-state index in [0.29, 0.717) is 17.9 Å². The second-order valence-electron chi connectivity index (χ2n) is 7.83. The van der Waals surface area contributed by atoms with Crippen molar-refractivity contribution >= 4 is 11.9 Å². The number of nitrogens with one attached hydrogen (secondary N) is 1. The van der Waals surface area contributed by atoms with Crippen molar-refractivity contribution in [3.8, 4) is 0 Å². The summed E-state index contributed by atoms with van der Waals surface area (Å²) in [6, 6.07) is 0.354. The van der Waals surface area contributed by atoms with E-state index in [1.54, 1.807) is 19.0 Å². The quantitative estimate of drug-likeness (QED) is 0.609. The third kappa shape index (κ3) is 5.22. The first-order valence-corrected chi connectivity index (χ1v) is 9.83. The number of likely N-dealkylation sites (tertiary alicyclic amines) is 1. The topological polar surface area (TPSA) is 75.0 Å². The zero-order chi connectivity index (χ0) is 19.2. The van der Waals surface area contributed by atoms with Crippen LogP contribution in [-0.2, 0) is 9.53 Å². The Kier molecular flexibility index (Phi) is 6.71. The van der Waals surface area contributed by atoms with Gasteiger partial charge < -0.3 is 24.4 Å². The SMILES string of the molecule is CC1CCN(C(=NCC(=O)N(C)C)NCC2CCOC2)CC1n1ccnc1. The van der Waals surface area contributed by atoms with Crippen LogP contribution in [0, 0.1) is 11.8 Å². The van der Waals surface area contributed by atoms with Crippen LogP contribution in [0.5, 0.6) is 0 Å². The lowest BCUT2D eigenvalue weighted by Crippen LogP contribution is -2.50. The minimum Gasteiger partial charge on any atom is -0.381 e. The monoisotopic (exact) mass is 376 g/mol. The van der Waals surface area contributed by atoms with Crippen LogP contribution in [0.1, 0.15) is 25.8 Å². The van der Waals surface area contributed by atoms with Gasteiger partial charge in [0.25, 0.3) is 0 Å². The number of nitrogens with zero attached hydrogens (tertiary/aromatic N) is 5. The van der Waals surface area contributed by atoms with Gasteiger partial charge in [-0.05, 0) is 18.8 Å². The molecule has 3 unspecified atom stereocenters. The summed E-state index contributed by atoms with van der Waals surface area (Å²) in [5.74, 6) is 1.92. The first-order valence-electron chi connectivity index (χ1n) is 9.83. The lowest BCUT2D eigenvalue weighted by molar-refractivity contribution is -0.127. The Bertz CT molecular complexity index is 624. The molecule has 1 N–H and O–H groups in total. The molecule has 2 aliphatic heterocycles. The van der Waals surface area contributed by atoms with Crippen LogP contribution in [0.4, 0.5) is 0 Å². The standard InChI is InChI=1S/C19H32N6O2/c1-15-4-7-24(12-17(15)25-8-6-20-14-25)19(22-11-18(26)23(2)3)21-10-16-5-9-27-13-16/h6,8,14-17H,4-5,7,9-13H2,1-3H3,(H,21,22). The predicted molar refractivity (Wildman–Crippen MR) is 105 cm³/mol. The van der Waals surface area contributed by atoms with Crippen LogP contribution in [0.2, 0.25) is 0 Å². The molecule has 1 amide bonds. The Morgan fingerprint density at radius 3 is 2.93 bits per heavy atom. The second kappa shape index (κ2) is 9.21. The second-order valence-corrected chi connectivity index (χ2v) is 7.83. The molecule has 2 aliphatic rings. The van der Waals surface area contributed by atoms with Gasteiger partial charge in [0, 0.05) is 58.6 Å². The Labute approximate surface area is 161 Å². The maximum absolute atomic E-state index is 12.0. The first-order chi connectivity index (χ1) is 13.0. The number of aliphatic imine (C=N–C) groups is 1. The van der Waals surface area contributed by atoms with Crippen molar-refractivity contribution in [3.05, 3.63) is 18.7 Å². The minimum absolute atomic E-state index is 0.00929. The van der Waals surface area contributed by atoms with Crippen molar-refractivity contribution in [1.82, 2.24) is 24.7 Å². The van der Waals surface area contributed by atoms with E-state index in [2.05, 4.69) is 31.7 Å². The minimum atomic E-state index is 0.00929. The van der Waals surface area contributed by atoms with Gasteiger partial charge in [0.05, 0.1) is 19.0 Å². The van der Waals surface area contributed by atoms with Crippen LogP contribution >= 0.6 is 0 Å². The number of carbonyl (C=O) groups excluding carboxylic acids is 1. The lowest BCUT2D eigenvalue weighted by Gasteiger charge is -2.39.